The second kappa shape index (κ2) is 6.48. The smallest absolute Gasteiger partial charge is 0.216 e. The number of amides is 1. The molecule has 0 heterocycles. The van der Waals surface area contributed by atoms with Gasteiger partial charge in [-0.25, -0.2) is 0 Å². The Balaban J connectivity index is 2.64. The molecule has 0 aromatic heterocycles. The predicted octanol–water partition coefficient (Wildman–Crippen LogP) is 1.74. The lowest BCUT2D eigenvalue weighted by Crippen LogP contribution is -2.20. The number of benzene rings is 1. The molecule has 0 bridgehead atoms. The summed E-state index contributed by atoms with van der Waals surface area (Å²) in [7, 11) is 0. The number of aromatic hydroxyl groups is 1. The van der Waals surface area contributed by atoms with Crippen molar-refractivity contribution in [3.63, 3.8) is 0 Å². The molecular formula is C13H15NO3. The zero-order chi connectivity index (χ0) is 12.7. The maximum atomic E-state index is 10.8. The van der Waals surface area contributed by atoms with Crippen LogP contribution in [0.15, 0.2) is 24.3 Å². The molecule has 90 valence electrons. The summed E-state index contributed by atoms with van der Waals surface area (Å²) < 4.78 is 0. The number of rotatable bonds is 5. The Morgan fingerprint density at radius 2 is 2.24 bits per heavy atom. The molecule has 0 aliphatic heterocycles. The molecule has 0 spiro atoms. The lowest BCUT2D eigenvalue weighted by molar-refractivity contribution is -0.118. The van der Waals surface area contributed by atoms with Crippen LogP contribution in [0.4, 0.5) is 0 Å². The molecule has 17 heavy (non-hydrogen) atoms. The second-order valence-corrected chi connectivity index (χ2v) is 3.57. The number of phenols is 1. The van der Waals surface area contributed by atoms with Gasteiger partial charge in [-0.3, -0.25) is 9.59 Å². The number of nitrogens with one attached hydrogen (secondary N) is 1. The Bertz CT molecular complexity index is 438. The fraction of sp³-hybridized carbons (Fsp3) is 0.231. The lowest BCUT2D eigenvalue weighted by atomic mass is 10.1. The second-order valence-electron chi connectivity index (χ2n) is 3.57. The van der Waals surface area contributed by atoms with Crippen LogP contribution in [0.25, 0.3) is 6.08 Å². The first kappa shape index (κ1) is 13.0. The van der Waals surface area contributed by atoms with Gasteiger partial charge in [-0.15, -0.1) is 0 Å². The van der Waals surface area contributed by atoms with Gasteiger partial charge in [0.25, 0.3) is 0 Å². The zero-order valence-corrected chi connectivity index (χ0v) is 9.64. The molecule has 4 nitrogen and oxygen atoms in total. The highest BCUT2D eigenvalue weighted by Crippen LogP contribution is 2.21. The average molecular weight is 233 g/mol. The molecule has 0 aliphatic carbocycles. The third-order valence-electron chi connectivity index (χ3n) is 2.21. The van der Waals surface area contributed by atoms with E-state index in [1.54, 1.807) is 24.3 Å². The summed E-state index contributed by atoms with van der Waals surface area (Å²) in [5.74, 6) is -0.0000778. The van der Waals surface area contributed by atoms with E-state index < -0.39 is 0 Å². The summed E-state index contributed by atoms with van der Waals surface area (Å²) in [4.78, 5) is 21.4. The van der Waals surface area contributed by atoms with Gasteiger partial charge >= 0.3 is 0 Å². The van der Waals surface area contributed by atoms with Gasteiger partial charge in [-0.05, 0) is 12.5 Å². The van der Waals surface area contributed by atoms with Gasteiger partial charge in [-0.1, -0.05) is 24.3 Å². The van der Waals surface area contributed by atoms with E-state index in [-0.39, 0.29) is 11.7 Å². The molecule has 0 aliphatic rings. The van der Waals surface area contributed by atoms with Crippen molar-refractivity contribution < 1.29 is 14.7 Å². The highest BCUT2D eigenvalue weighted by molar-refractivity contribution is 5.83. The van der Waals surface area contributed by atoms with Crippen molar-refractivity contribution in [1.82, 2.24) is 5.32 Å². The molecule has 0 saturated heterocycles. The molecular weight excluding hydrogens is 218 g/mol. The molecule has 1 rings (SSSR count). The summed E-state index contributed by atoms with van der Waals surface area (Å²) in [5.41, 5.74) is 0.950. The van der Waals surface area contributed by atoms with Crippen molar-refractivity contribution in [3.8, 4) is 5.75 Å². The monoisotopic (exact) mass is 233 g/mol. The Labute approximate surface area is 100.0 Å². The summed E-state index contributed by atoms with van der Waals surface area (Å²) in [6.45, 7) is 1.99. The summed E-state index contributed by atoms with van der Waals surface area (Å²) >= 11 is 0. The first-order chi connectivity index (χ1) is 8.15. The van der Waals surface area contributed by atoms with Crippen molar-refractivity contribution in [2.24, 2.45) is 0 Å². The molecule has 0 fully saturated rings. The number of hydrogen-bond acceptors (Lipinski definition) is 3. The molecule has 4 heteroatoms. The Morgan fingerprint density at radius 3 is 2.88 bits per heavy atom. The van der Waals surface area contributed by atoms with Gasteiger partial charge in [0.15, 0.2) is 6.29 Å². The largest absolute Gasteiger partial charge is 0.507 e. The van der Waals surface area contributed by atoms with Crippen molar-refractivity contribution >= 4 is 18.3 Å². The van der Waals surface area contributed by atoms with Crippen LogP contribution in [0.3, 0.4) is 0 Å². The van der Waals surface area contributed by atoms with Gasteiger partial charge in [0, 0.05) is 24.6 Å². The molecule has 2 N–H and O–H groups in total. The number of carbonyl (C=O) groups is 2. The van der Waals surface area contributed by atoms with E-state index in [0.29, 0.717) is 30.4 Å². The third-order valence-corrected chi connectivity index (χ3v) is 2.21. The minimum atomic E-state index is -0.0745. The first-order valence-electron chi connectivity index (χ1n) is 5.33. The molecule has 1 aromatic carbocycles. The van der Waals surface area contributed by atoms with Gasteiger partial charge in [0.2, 0.25) is 5.91 Å². The zero-order valence-electron chi connectivity index (χ0n) is 9.64. The fourth-order valence-electron chi connectivity index (χ4n) is 1.39. The van der Waals surface area contributed by atoms with Crippen LogP contribution >= 0.6 is 0 Å². The van der Waals surface area contributed by atoms with Gasteiger partial charge in [-0.2, -0.15) is 0 Å². The van der Waals surface area contributed by atoms with E-state index in [0.717, 1.165) is 0 Å². The quantitative estimate of drug-likeness (QED) is 0.601. The first-order valence-corrected chi connectivity index (χ1v) is 5.33. The molecule has 0 saturated carbocycles. The lowest BCUT2D eigenvalue weighted by Gasteiger charge is -2.02. The van der Waals surface area contributed by atoms with Crippen LogP contribution in [-0.2, 0) is 4.79 Å². The SMILES string of the molecule is CC(=O)NCCC=Cc1c(O)cccc1C=O. The average Bonchev–Trinajstić information content (AvgIpc) is 2.30. The van der Waals surface area contributed by atoms with E-state index in [1.807, 2.05) is 0 Å². The Kier molecular flexibility index (Phi) is 4.94. The molecule has 0 atom stereocenters. The Hall–Kier alpha value is -2.10. The number of carbonyl (C=O) groups excluding carboxylic acids is 2. The number of aldehydes is 1. The molecule has 0 radical (unpaired) electrons. The van der Waals surface area contributed by atoms with Crippen LogP contribution in [0.2, 0.25) is 0 Å². The summed E-state index contributed by atoms with van der Waals surface area (Å²) in [5, 5.41) is 12.2. The van der Waals surface area contributed by atoms with Gasteiger partial charge < -0.3 is 10.4 Å². The minimum Gasteiger partial charge on any atom is -0.507 e. The maximum absolute atomic E-state index is 10.8. The van der Waals surface area contributed by atoms with Gasteiger partial charge in [0.05, 0.1) is 0 Å². The van der Waals surface area contributed by atoms with Crippen molar-refractivity contribution in [2.45, 2.75) is 13.3 Å². The molecule has 0 unspecified atom stereocenters. The summed E-state index contributed by atoms with van der Waals surface area (Å²) in [6.07, 6.45) is 4.83. The van der Waals surface area contributed by atoms with Crippen molar-refractivity contribution in [3.05, 3.63) is 35.4 Å². The Morgan fingerprint density at radius 1 is 1.47 bits per heavy atom. The van der Waals surface area contributed by atoms with Crippen LogP contribution in [0.5, 0.6) is 5.75 Å². The van der Waals surface area contributed by atoms with Crippen molar-refractivity contribution in [2.75, 3.05) is 6.54 Å². The topological polar surface area (TPSA) is 66.4 Å². The highest BCUT2D eigenvalue weighted by atomic mass is 16.3. The standard InChI is InChI=1S/C13H15NO3/c1-10(16)14-8-3-2-6-12-11(9-15)5-4-7-13(12)17/h2,4-7,9,17H,3,8H2,1H3,(H,14,16). The third kappa shape index (κ3) is 4.10. The van der Waals surface area contributed by atoms with Gasteiger partial charge in [0.1, 0.15) is 5.75 Å². The van der Waals surface area contributed by atoms with E-state index >= 15 is 0 Å². The summed E-state index contributed by atoms with van der Waals surface area (Å²) in [6, 6.07) is 4.79. The van der Waals surface area contributed by atoms with E-state index in [9.17, 15) is 14.7 Å². The van der Waals surface area contributed by atoms with E-state index in [2.05, 4.69) is 5.32 Å². The predicted molar refractivity (Wildman–Crippen MR) is 65.8 cm³/mol. The van der Waals surface area contributed by atoms with E-state index in [1.165, 1.54) is 13.0 Å². The highest BCUT2D eigenvalue weighted by Gasteiger charge is 2.02. The van der Waals surface area contributed by atoms with E-state index in [4.69, 9.17) is 0 Å². The minimum absolute atomic E-state index is 0.0744. The normalized spacial score (nSPS) is 10.4. The molecule has 1 amide bonds. The molecule has 1 aromatic rings. The van der Waals surface area contributed by atoms with Crippen LogP contribution in [-0.4, -0.2) is 23.8 Å². The van der Waals surface area contributed by atoms with Crippen LogP contribution in [0, 0.1) is 0 Å². The van der Waals surface area contributed by atoms with Crippen molar-refractivity contribution in [1.29, 1.82) is 0 Å². The fourth-order valence-corrected chi connectivity index (χ4v) is 1.39. The number of hydrogen-bond donors (Lipinski definition) is 2. The van der Waals surface area contributed by atoms with Crippen LogP contribution < -0.4 is 5.32 Å². The number of phenolic OH excluding ortho intramolecular Hbond substituents is 1. The maximum Gasteiger partial charge on any atom is 0.216 e. The van der Waals surface area contributed by atoms with Crippen LogP contribution in [0.1, 0.15) is 29.3 Å².